The summed E-state index contributed by atoms with van der Waals surface area (Å²) in [5, 5.41) is 13.6. The lowest BCUT2D eigenvalue weighted by molar-refractivity contribution is -0.136. The molecule has 0 radical (unpaired) electrons. The van der Waals surface area contributed by atoms with Gasteiger partial charge in [0.25, 0.3) is 5.56 Å². The van der Waals surface area contributed by atoms with Crippen molar-refractivity contribution in [3.05, 3.63) is 63.5 Å². The number of hydrogen-bond acceptors (Lipinski definition) is 5. The van der Waals surface area contributed by atoms with Crippen molar-refractivity contribution in [3.63, 3.8) is 0 Å². The molecule has 7 heteroatoms. The Labute approximate surface area is 241 Å². The molecule has 2 saturated carbocycles. The van der Waals surface area contributed by atoms with E-state index in [0.29, 0.717) is 43.0 Å². The molecular formula is C33H43N3O3S. The third kappa shape index (κ3) is 5.91. The monoisotopic (exact) mass is 561 g/mol. The first kappa shape index (κ1) is 27.6. The molecule has 6 rings (SSSR count). The summed E-state index contributed by atoms with van der Waals surface area (Å²) in [6.07, 6.45) is 13.8. The minimum atomic E-state index is -1.01. The summed E-state index contributed by atoms with van der Waals surface area (Å²) >= 11 is 1.51. The maximum Gasteiger partial charge on any atom is 0.271 e. The molecule has 214 valence electrons. The zero-order valence-electron chi connectivity index (χ0n) is 23.8. The van der Waals surface area contributed by atoms with Crippen molar-refractivity contribution >= 4 is 27.5 Å². The van der Waals surface area contributed by atoms with Crippen LogP contribution in [0.1, 0.15) is 101 Å². The first-order valence-corrected chi connectivity index (χ1v) is 16.3. The second-order valence-electron chi connectivity index (χ2n) is 12.9. The van der Waals surface area contributed by atoms with Crippen molar-refractivity contribution in [2.45, 2.75) is 102 Å². The van der Waals surface area contributed by atoms with Crippen molar-refractivity contribution in [1.29, 1.82) is 0 Å². The summed E-state index contributed by atoms with van der Waals surface area (Å²) in [7, 11) is 0. The Balaban J connectivity index is 1.06. The topological polar surface area (TPSA) is 75.4 Å². The molecule has 2 aliphatic carbocycles. The van der Waals surface area contributed by atoms with Crippen LogP contribution >= 0.6 is 11.3 Å². The largest absolute Gasteiger partial charge is 0.388 e. The number of benzene rings is 1. The van der Waals surface area contributed by atoms with Crippen molar-refractivity contribution in [1.82, 2.24) is 14.5 Å². The zero-order chi connectivity index (χ0) is 27.7. The molecule has 3 aliphatic rings. The average Bonchev–Trinajstić information content (AvgIpc) is 3.73. The van der Waals surface area contributed by atoms with Crippen LogP contribution in [0.4, 0.5) is 0 Å². The molecule has 1 amide bonds. The number of piperidine rings is 1. The smallest absolute Gasteiger partial charge is 0.271 e. The van der Waals surface area contributed by atoms with Crippen LogP contribution in [0.15, 0.2) is 46.8 Å². The van der Waals surface area contributed by atoms with E-state index in [9.17, 15) is 14.7 Å². The molecule has 3 aromatic rings. The normalized spacial score (nSPS) is 24.1. The van der Waals surface area contributed by atoms with Crippen molar-refractivity contribution in [2.75, 3.05) is 13.1 Å². The van der Waals surface area contributed by atoms with Gasteiger partial charge >= 0.3 is 0 Å². The minimum absolute atomic E-state index is 0.0506. The van der Waals surface area contributed by atoms with Crippen molar-refractivity contribution in [2.24, 2.45) is 11.8 Å². The standard InChI is InChI=1S/C33H43N3O3S/c1-23(26-9-3-2-4-10-26)17-29(37)35-15-13-33(39,14-16-35)21-36-22-34-30-28(20-40-31(30)32(36)38)27-12-11-25(19-27)18-24-7-5-6-8-24/h2-4,9-10,20,22-25,27,39H,5-8,11-19,21H2,1H3/t23-,25?,27?/m1/s1. The minimum Gasteiger partial charge on any atom is -0.388 e. The summed E-state index contributed by atoms with van der Waals surface area (Å²) < 4.78 is 2.30. The quantitative estimate of drug-likeness (QED) is 0.342. The van der Waals surface area contributed by atoms with Gasteiger partial charge in [0.2, 0.25) is 5.91 Å². The van der Waals surface area contributed by atoms with Crippen LogP contribution in [0.2, 0.25) is 0 Å². The van der Waals surface area contributed by atoms with E-state index in [4.69, 9.17) is 4.98 Å². The molecule has 6 nitrogen and oxygen atoms in total. The van der Waals surface area contributed by atoms with Crippen LogP contribution in [0, 0.1) is 11.8 Å². The van der Waals surface area contributed by atoms with Crippen LogP contribution in [0.5, 0.6) is 0 Å². The number of hydrogen-bond donors (Lipinski definition) is 1. The Bertz CT molecular complexity index is 1370. The fourth-order valence-electron chi connectivity index (χ4n) is 7.59. The number of aromatic nitrogens is 2. The molecule has 2 aromatic heterocycles. The maximum atomic E-state index is 13.5. The summed E-state index contributed by atoms with van der Waals surface area (Å²) in [6.45, 7) is 3.32. The van der Waals surface area contributed by atoms with Gasteiger partial charge in [-0.1, -0.05) is 62.9 Å². The number of amides is 1. The number of thiophene rings is 1. The Morgan fingerprint density at radius 2 is 1.85 bits per heavy atom. The van der Waals surface area contributed by atoms with Gasteiger partial charge in [-0.3, -0.25) is 14.2 Å². The third-order valence-corrected chi connectivity index (χ3v) is 11.0. The third-order valence-electron chi connectivity index (χ3n) is 10.1. The molecule has 2 unspecified atom stereocenters. The molecule has 3 atom stereocenters. The van der Waals surface area contributed by atoms with Crippen molar-refractivity contribution < 1.29 is 9.90 Å². The molecule has 3 heterocycles. The molecule has 0 spiro atoms. The van der Waals surface area contributed by atoms with Gasteiger partial charge in [0.1, 0.15) is 4.70 Å². The Morgan fingerprint density at radius 1 is 1.10 bits per heavy atom. The molecule has 1 aliphatic heterocycles. The second kappa shape index (κ2) is 11.8. The molecule has 1 saturated heterocycles. The van der Waals surface area contributed by atoms with Gasteiger partial charge in [0, 0.05) is 19.5 Å². The highest BCUT2D eigenvalue weighted by Gasteiger charge is 2.36. The van der Waals surface area contributed by atoms with Gasteiger partial charge in [-0.2, -0.15) is 0 Å². The molecular weight excluding hydrogens is 518 g/mol. The Morgan fingerprint density at radius 3 is 2.60 bits per heavy atom. The van der Waals surface area contributed by atoms with E-state index in [0.717, 1.165) is 17.4 Å². The van der Waals surface area contributed by atoms with Gasteiger partial charge < -0.3 is 10.0 Å². The van der Waals surface area contributed by atoms with E-state index >= 15 is 0 Å². The molecule has 0 bridgehead atoms. The van der Waals surface area contributed by atoms with Crippen LogP contribution < -0.4 is 5.56 Å². The molecule has 1 N–H and O–H groups in total. The second-order valence-corrected chi connectivity index (χ2v) is 13.8. The number of carbonyl (C=O) groups is 1. The maximum absolute atomic E-state index is 13.5. The summed E-state index contributed by atoms with van der Waals surface area (Å²) in [4.78, 5) is 33.0. The van der Waals surface area contributed by atoms with Gasteiger partial charge in [-0.25, -0.2) is 4.98 Å². The highest BCUT2D eigenvalue weighted by molar-refractivity contribution is 7.17. The predicted molar refractivity (Wildman–Crippen MR) is 161 cm³/mol. The van der Waals surface area contributed by atoms with Gasteiger partial charge in [-0.05, 0) is 78.7 Å². The number of nitrogens with zero attached hydrogens (tertiary/aromatic N) is 3. The predicted octanol–water partition coefficient (Wildman–Crippen LogP) is 6.47. The lowest BCUT2D eigenvalue weighted by atomic mass is 9.90. The summed E-state index contributed by atoms with van der Waals surface area (Å²) in [5.41, 5.74) is 2.23. The average molecular weight is 562 g/mol. The lowest BCUT2D eigenvalue weighted by Crippen LogP contribution is -2.49. The summed E-state index contributed by atoms with van der Waals surface area (Å²) in [6, 6.07) is 10.1. The van der Waals surface area contributed by atoms with E-state index in [-0.39, 0.29) is 23.9 Å². The van der Waals surface area contributed by atoms with E-state index in [1.165, 1.54) is 73.8 Å². The zero-order valence-corrected chi connectivity index (χ0v) is 24.6. The molecule has 3 fully saturated rings. The van der Waals surface area contributed by atoms with E-state index in [1.54, 1.807) is 10.9 Å². The SMILES string of the molecule is C[C@H](CC(=O)N1CCC(O)(Cn2cnc3c(C4CCC(CC5CCCC5)C4)csc3c2=O)CC1)c1ccccc1. The first-order chi connectivity index (χ1) is 19.4. The first-order valence-electron chi connectivity index (χ1n) is 15.4. The lowest BCUT2D eigenvalue weighted by Gasteiger charge is -2.38. The van der Waals surface area contributed by atoms with E-state index in [1.807, 2.05) is 23.1 Å². The fraction of sp³-hybridized carbons (Fsp3) is 0.606. The van der Waals surface area contributed by atoms with Crippen molar-refractivity contribution in [3.8, 4) is 0 Å². The van der Waals surface area contributed by atoms with E-state index in [2.05, 4.69) is 24.4 Å². The number of aliphatic hydroxyl groups is 1. The van der Waals surface area contributed by atoms with Crippen LogP contribution in [-0.4, -0.2) is 44.2 Å². The number of rotatable bonds is 8. The molecule has 1 aromatic carbocycles. The number of carbonyl (C=O) groups excluding carboxylic acids is 1. The number of likely N-dealkylation sites (tertiary alicyclic amines) is 1. The Hall–Kier alpha value is -2.51. The van der Waals surface area contributed by atoms with Crippen LogP contribution in [-0.2, 0) is 11.3 Å². The van der Waals surface area contributed by atoms with Gasteiger partial charge in [-0.15, -0.1) is 11.3 Å². The van der Waals surface area contributed by atoms with Crippen LogP contribution in [0.3, 0.4) is 0 Å². The van der Waals surface area contributed by atoms with Crippen LogP contribution in [0.25, 0.3) is 10.2 Å². The highest BCUT2D eigenvalue weighted by atomic mass is 32.1. The number of fused-ring (bicyclic) bond motifs is 1. The fourth-order valence-corrected chi connectivity index (χ4v) is 8.64. The van der Waals surface area contributed by atoms with Gasteiger partial charge in [0.15, 0.2) is 0 Å². The van der Waals surface area contributed by atoms with E-state index < -0.39 is 5.60 Å². The molecule has 40 heavy (non-hydrogen) atoms. The highest BCUT2D eigenvalue weighted by Crippen LogP contribution is 2.45. The van der Waals surface area contributed by atoms with Gasteiger partial charge in [0.05, 0.1) is 24.0 Å². The Kier molecular flexibility index (Phi) is 8.14. The summed E-state index contributed by atoms with van der Waals surface area (Å²) in [5.74, 6) is 2.55.